The van der Waals surface area contributed by atoms with Gasteiger partial charge in [0.15, 0.2) is 6.10 Å². The lowest BCUT2D eigenvalue weighted by Gasteiger charge is -2.25. The van der Waals surface area contributed by atoms with Crippen LogP contribution in [0.4, 0.5) is 0 Å². The molecule has 0 aromatic heterocycles. The number of hydrogen-bond acceptors (Lipinski definition) is 7. The van der Waals surface area contributed by atoms with Crippen molar-refractivity contribution < 1.29 is 42.9 Å². The first-order valence-corrected chi connectivity index (χ1v) is 30.1. The molecule has 0 rings (SSSR count). The molecule has 0 aliphatic heterocycles. The molecule has 9 nitrogen and oxygen atoms in total. The number of allylic oxidation sites excluding steroid dienone is 26. The van der Waals surface area contributed by atoms with Gasteiger partial charge >= 0.3 is 17.9 Å². The van der Waals surface area contributed by atoms with Crippen molar-refractivity contribution in [1.82, 2.24) is 0 Å². The van der Waals surface area contributed by atoms with Crippen molar-refractivity contribution in [2.24, 2.45) is 0 Å². The number of carbonyl (C=O) groups excluding carboxylic acids is 2. The molecule has 0 fully saturated rings. The Kier molecular flexibility index (Phi) is 54.3. The van der Waals surface area contributed by atoms with E-state index in [0.29, 0.717) is 17.4 Å². The second-order valence-electron chi connectivity index (χ2n) is 20.6. The normalized spacial score (nSPS) is 13.9. The Balaban J connectivity index is 4.33. The van der Waals surface area contributed by atoms with Gasteiger partial charge in [0.05, 0.1) is 34.4 Å². The number of carbonyl (C=O) groups is 3. The van der Waals surface area contributed by atoms with Crippen LogP contribution in [-0.2, 0) is 33.3 Å². The number of ether oxygens (including phenoxy) is 4. The van der Waals surface area contributed by atoms with Crippen molar-refractivity contribution in [2.75, 3.05) is 47.5 Å². The number of esters is 2. The highest BCUT2D eigenvalue weighted by Crippen LogP contribution is 2.12. The summed E-state index contributed by atoms with van der Waals surface area (Å²) >= 11 is 0. The van der Waals surface area contributed by atoms with Gasteiger partial charge in [-0.25, -0.2) is 4.79 Å². The van der Waals surface area contributed by atoms with Gasteiger partial charge in [-0.3, -0.25) is 9.59 Å². The number of likely N-dealkylation sites (N-methyl/N-ethyl adjacent to an activating group) is 1. The van der Waals surface area contributed by atoms with E-state index in [1.807, 2.05) is 21.1 Å². The van der Waals surface area contributed by atoms with E-state index < -0.39 is 24.3 Å². The van der Waals surface area contributed by atoms with Gasteiger partial charge in [0, 0.05) is 12.8 Å². The van der Waals surface area contributed by atoms with E-state index in [-0.39, 0.29) is 38.6 Å². The topological polar surface area (TPSA) is 108 Å². The Labute approximate surface area is 476 Å². The van der Waals surface area contributed by atoms with Crippen LogP contribution in [0.2, 0.25) is 0 Å². The molecule has 0 heterocycles. The fraction of sp³-hybridized carbons (Fsp3) is 0.580. The Hall–Kier alpha value is -5.09. The summed E-state index contributed by atoms with van der Waals surface area (Å²) in [6.45, 7) is 4.66. The van der Waals surface area contributed by atoms with E-state index in [9.17, 15) is 19.5 Å². The number of quaternary nitrogens is 1. The predicted molar refractivity (Wildman–Crippen MR) is 331 cm³/mol. The second kappa shape index (κ2) is 58.1. The summed E-state index contributed by atoms with van der Waals surface area (Å²) in [5, 5.41) is 9.70. The van der Waals surface area contributed by atoms with Gasteiger partial charge in [-0.2, -0.15) is 0 Å². The molecule has 0 saturated carbocycles. The van der Waals surface area contributed by atoms with Gasteiger partial charge in [-0.05, 0) is 128 Å². The lowest BCUT2D eigenvalue weighted by Crippen LogP contribution is -2.40. The molecule has 0 saturated heterocycles. The van der Waals surface area contributed by atoms with Gasteiger partial charge in [0.25, 0.3) is 6.29 Å². The zero-order chi connectivity index (χ0) is 56.9. The molecule has 1 N–H and O–H groups in total. The van der Waals surface area contributed by atoms with Crippen LogP contribution in [-0.4, -0.2) is 87.4 Å². The third-order valence-corrected chi connectivity index (χ3v) is 12.0. The summed E-state index contributed by atoms with van der Waals surface area (Å²) in [5.74, 6) is -2.09. The van der Waals surface area contributed by atoms with Crippen molar-refractivity contribution in [2.45, 2.75) is 212 Å². The first kappa shape index (κ1) is 72.9. The first-order valence-electron chi connectivity index (χ1n) is 30.1. The van der Waals surface area contributed by atoms with Crippen LogP contribution in [0.25, 0.3) is 0 Å². The third-order valence-electron chi connectivity index (χ3n) is 12.0. The molecule has 0 spiro atoms. The Morgan fingerprint density at radius 1 is 0.397 bits per heavy atom. The SMILES string of the molecule is CC/C=C\C/C=C\C/C=C\C/C=C\C/C=C\C/C=C\C/C=C\C/C=C\C/C=C\C/C=C\C/C=C\CCCCCC(=O)OC(COC(=O)CCCCCCC/C=C\C/C=C\CCCCCC)COC(OCC[N+](C)(C)C)C(=O)O. The van der Waals surface area contributed by atoms with Gasteiger partial charge in [-0.1, -0.05) is 217 Å². The summed E-state index contributed by atoms with van der Waals surface area (Å²) in [6, 6.07) is 0. The number of carboxylic acid groups (broad SMARTS) is 1. The minimum Gasteiger partial charge on any atom is -0.477 e. The fourth-order valence-electron chi connectivity index (χ4n) is 7.40. The molecule has 0 aromatic rings. The molecular formula is C69H110NO8+. The van der Waals surface area contributed by atoms with Crippen molar-refractivity contribution >= 4 is 17.9 Å². The van der Waals surface area contributed by atoms with E-state index in [1.54, 1.807) is 0 Å². The zero-order valence-electron chi connectivity index (χ0n) is 49.8. The van der Waals surface area contributed by atoms with E-state index in [4.69, 9.17) is 18.9 Å². The lowest BCUT2D eigenvalue weighted by atomic mass is 10.1. The van der Waals surface area contributed by atoms with Crippen LogP contribution in [0.1, 0.15) is 200 Å². The summed E-state index contributed by atoms with van der Waals surface area (Å²) in [6.07, 6.45) is 83.3. The molecule has 0 bridgehead atoms. The predicted octanol–water partition coefficient (Wildman–Crippen LogP) is 18.2. The van der Waals surface area contributed by atoms with Crippen LogP contribution in [0.15, 0.2) is 158 Å². The van der Waals surface area contributed by atoms with Crippen LogP contribution < -0.4 is 0 Å². The minimum absolute atomic E-state index is 0.169. The molecule has 0 amide bonds. The molecular weight excluding hydrogens is 971 g/mol. The van der Waals surface area contributed by atoms with Gasteiger partial charge in [0.2, 0.25) is 0 Å². The largest absolute Gasteiger partial charge is 0.477 e. The Bertz CT molecular complexity index is 1830. The number of rotatable bonds is 53. The molecule has 78 heavy (non-hydrogen) atoms. The maximum Gasteiger partial charge on any atom is 0.361 e. The highest BCUT2D eigenvalue weighted by molar-refractivity contribution is 5.71. The van der Waals surface area contributed by atoms with E-state index in [0.717, 1.165) is 135 Å². The average Bonchev–Trinajstić information content (AvgIpc) is 3.41. The van der Waals surface area contributed by atoms with Crippen LogP contribution in [0.5, 0.6) is 0 Å². The van der Waals surface area contributed by atoms with Crippen molar-refractivity contribution in [3.63, 3.8) is 0 Å². The van der Waals surface area contributed by atoms with Crippen molar-refractivity contribution in [3.05, 3.63) is 158 Å². The molecule has 9 heteroatoms. The number of hydrogen-bond donors (Lipinski definition) is 1. The molecule has 0 aromatic carbocycles. The van der Waals surface area contributed by atoms with Crippen LogP contribution in [0, 0.1) is 0 Å². The third kappa shape index (κ3) is 58.6. The maximum atomic E-state index is 12.9. The van der Waals surface area contributed by atoms with Crippen molar-refractivity contribution in [3.8, 4) is 0 Å². The quantitative estimate of drug-likeness (QED) is 0.0211. The monoisotopic (exact) mass is 1080 g/mol. The van der Waals surface area contributed by atoms with Crippen molar-refractivity contribution in [1.29, 1.82) is 0 Å². The van der Waals surface area contributed by atoms with E-state index in [1.165, 1.54) is 32.1 Å². The molecule has 0 radical (unpaired) electrons. The molecule has 2 atom stereocenters. The summed E-state index contributed by atoms with van der Waals surface area (Å²) in [7, 11) is 5.94. The Morgan fingerprint density at radius 2 is 0.731 bits per heavy atom. The average molecular weight is 1080 g/mol. The summed E-state index contributed by atoms with van der Waals surface area (Å²) in [5.41, 5.74) is 0. The van der Waals surface area contributed by atoms with Gasteiger partial charge in [-0.15, -0.1) is 0 Å². The zero-order valence-corrected chi connectivity index (χ0v) is 49.8. The van der Waals surface area contributed by atoms with Crippen LogP contribution >= 0.6 is 0 Å². The smallest absolute Gasteiger partial charge is 0.361 e. The molecule has 2 unspecified atom stereocenters. The standard InChI is InChI=1S/C69H109NO8/c1-6-8-10-12-14-16-18-20-22-24-25-26-27-28-29-30-31-32-33-34-35-36-37-38-39-40-41-42-43-44-46-48-50-52-54-56-58-60-67(72)78-65(64-77-69(68(73)74)75-62-61-70(3,4)5)63-76-66(71)59-57-55-53-51-49-47-45-23-21-19-17-15-13-11-9-7-2/h8,10,14,16-17,19-20,22-23,25-26,28-29,31-32,34-35,37-38,40-41,43-45,48,50,65,69H,6-7,9,11-13,15,18,21,24,27,30,33,36,39,42,46-47,49,51-64H2,1-5H3/p+1/b10-8-,16-14-,19-17-,22-20-,26-25-,29-28-,32-31-,35-34-,38-37-,41-40-,44-43-,45-23-,50-48-. The molecule has 0 aliphatic carbocycles. The number of carboxylic acids is 1. The highest BCUT2D eigenvalue weighted by atomic mass is 16.7. The maximum absolute atomic E-state index is 12.9. The van der Waals surface area contributed by atoms with Gasteiger partial charge in [0.1, 0.15) is 13.2 Å². The molecule has 438 valence electrons. The first-order chi connectivity index (χ1) is 38.1. The summed E-state index contributed by atoms with van der Waals surface area (Å²) < 4.78 is 22.8. The lowest BCUT2D eigenvalue weighted by molar-refractivity contribution is -0.870. The Morgan fingerprint density at radius 3 is 1.10 bits per heavy atom. The molecule has 0 aliphatic rings. The number of aliphatic carboxylic acids is 1. The van der Waals surface area contributed by atoms with Crippen LogP contribution in [0.3, 0.4) is 0 Å². The number of nitrogens with zero attached hydrogens (tertiary/aromatic N) is 1. The van der Waals surface area contributed by atoms with E-state index in [2.05, 4.69) is 172 Å². The van der Waals surface area contributed by atoms with Gasteiger partial charge < -0.3 is 28.5 Å². The van der Waals surface area contributed by atoms with E-state index >= 15 is 0 Å². The second-order valence-corrected chi connectivity index (χ2v) is 20.6. The minimum atomic E-state index is -1.53. The fourth-order valence-corrected chi connectivity index (χ4v) is 7.40. The summed E-state index contributed by atoms with van der Waals surface area (Å²) in [4.78, 5) is 37.4. The highest BCUT2D eigenvalue weighted by Gasteiger charge is 2.25. The number of unbranched alkanes of at least 4 members (excludes halogenated alkanes) is 12.